The molecule has 0 aliphatic carbocycles. The van der Waals surface area contributed by atoms with Gasteiger partial charge in [0.1, 0.15) is 0 Å². The molecule has 2 nitrogen and oxygen atoms in total. The van der Waals surface area contributed by atoms with Crippen molar-refractivity contribution in [1.29, 1.82) is 0 Å². The minimum Gasteiger partial charge on any atom is -0.489 e. The predicted molar refractivity (Wildman–Crippen MR) is 167 cm³/mol. The van der Waals surface area contributed by atoms with Crippen molar-refractivity contribution in [2.75, 3.05) is 13.2 Å². The summed E-state index contributed by atoms with van der Waals surface area (Å²) >= 11 is 4.77. The third kappa shape index (κ3) is 16.9. The van der Waals surface area contributed by atoms with Gasteiger partial charge < -0.3 is 9.47 Å². The Balaban J connectivity index is 2.17. The van der Waals surface area contributed by atoms with Crippen LogP contribution in [0, 0.1) is 7.14 Å². The van der Waals surface area contributed by atoms with Crippen molar-refractivity contribution in [3.05, 3.63) is 19.3 Å². The Labute approximate surface area is 239 Å². The summed E-state index contributed by atoms with van der Waals surface area (Å²) in [6.45, 7) is 6.16. The number of benzene rings is 1. The zero-order valence-electron chi connectivity index (χ0n) is 22.3. The van der Waals surface area contributed by atoms with E-state index >= 15 is 0 Å². The fraction of sp³-hybridized carbons (Fsp3) is 0.800. The Morgan fingerprint density at radius 2 is 0.706 bits per heavy atom. The highest BCUT2D eigenvalue weighted by atomic mass is 127. The summed E-state index contributed by atoms with van der Waals surface area (Å²) in [6, 6.07) is 4.28. The molecule has 0 amide bonds. The maximum atomic E-state index is 6.23. The first-order valence-electron chi connectivity index (χ1n) is 14.4. The molecule has 4 heteroatoms. The van der Waals surface area contributed by atoms with Crippen molar-refractivity contribution in [3.63, 3.8) is 0 Å². The fourth-order valence-electron chi connectivity index (χ4n) is 4.31. The van der Waals surface area contributed by atoms with Gasteiger partial charge in [0.05, 0.1) is 20.4 Å². The van der Waals surface area contributed by atoms with Crippen LogP contribution in [0.4, 0.5) is 0 Å². The molecule has 0 unspecified atom stereocenters. The molecule has 34 heavy (non-hydrogen) atoms. The second-order valence-electron chi connectivity index (χ2n) is 9.75. The van der Waals surface area contributed by atoms with E-state index in [4.69, 9.17) is 9.47 Å². The van der Waals surface area contributed by atoms with Crippen molar-refractivity contribution >= 4 is 45.2 Å². The summed E-state index contributed by atoms with van der Waals surface area (Å²) in [5, 5.41) is 0. The first-order chi connectivity index (χ1) is 16.7. The molecule has 0 aromatic heterocycles. The molecule has 0 radical (unpaired) electrons. The molecule has 0 atom stereocenters. The zero-order valence-corrected chi connectivity index (χ0v) is 26.6. The van der Waals surface area contributed by atoms with Crippen LogP contribution in [-0.2, 0) is 0 Å². The Bertz CT molecular complexity index is 540. The molecule has 0 aliphatic heterocycles. The lowest BCUT2D eigenvalue weighted by Gasteiger charge is -2.16. The second-order valence-corrected chi connectivity index (χ2v) is 12.1. The van der Waals surface area contributed by atoms with E-state index in [0.717, 1.165) is 44.7 Å². The number of rotatable bonds is 24. The van der Waals surface area contributed by atoms with Gasteiger partial charge in [-0.25, -0.2) is 0 Å². The van der Waals surface area contributed by atoms with Crippen LogP contribution in [0.5, 0.6) is 11.5 Å². The highest BCUT2D eigenvalue weighted by Gasteiger charge is 2.14. The maximum absolute atomic E-state index is 6.23. The molecule has 1 aromatic rings. The maximum Gasteiger partial charge on any atom is 0.175 e. The monoisotopic (exact) mass is 698 g/mol. The third-order valence-electron chi connectivity index (χ3n) is 6.50. The Kier molecular flexibility index (Phi) is 22.5. The molecular formula is C30H52I2O2. The lowest BCUT2D eigenvalue weighted by atomic mass is 10.1. The van der Waals surface area contributed by atoms with Crippen LogP contribution >= 0.6 is 45.2 Å². The molecule has 1 rings (SSSR count). The highest BCUT2D eigenvalue weighted by Crippen LogP contribution is 2.37. The van der Waals surface area contributed by atoms with Crippen molar-refractivity contribution in [3.8, 4) is 11.5 Å². The largest absolute Gasteiger partial charge is 0.489 e. The van der Waals surface area contributed by atoms with Gasteiger partial charge in [0.2, 0.25) is 0 Å². The normalized spacial score (nSPS) is 11.2. The molecule has 0 saturated carbocycles. The van der Waals surface area contributed by atoms with Crippen LogP contribution < -0.4 is 9.47 Å². The van der Waals surface area contributed by atoms with Crippen LogP contribution in [0.2, 0.25) is 0 Å². The second kappa shape index (κ2) is 23.7. The molecular weight excluding hydrogens is 646 g/mol. The number of hydrogen-bond donors (Lipinski definition) is 0. The Morgan fingerprint density at radius 1 is 0.441 bits per heavy atom. The van der Waals surface area contributed by atoms with E-state index in [0.29, 0.717) is 0 Å². The smallest absolute Gasteiger partial charge is 0.175 e. The molecule has 0 spiro atoms. The van der Waals surface area contributed by atoms with E-state index in [1.165, 1.54) is 116 Å². The first-order valence-corrected chi connectivity index (χ1v) is 16.6. The van der Waals surface area contributed by atoms with E-state index in [9.17, 15) is 0 Å². The highest BCUT2D eigenvalue weighted by molar-refractivity contribution is 14.1. The number of unbranched alkanes of at least 4 members (excludes halogenated alkanes) is 18. The van der Waals surface area contributed by atoms with Crippen LogP contribution in [0.3, 0.4) is 0 Å². The van der Waals surface area contributed by atoms with Crippen molar-refractivity contribution in [2.45, 2.75) is 142 Å². The van der Waals surface area contributed by atoms with Crippen LogP contribution in [0.1, 0.15) is 142 Å². The molecule has 0 N–H and O–H groups in total. The van der Waals surface area contributed by atoms with Crippen molar-refractivity contribution in [1.82, 2.24) is 0 Å². The Morgan fingerprint density at radius 3 is 1.00 bits per heavy atom. The van der Waals surface area contributed by atoms with Gasteiger partial charge in [0.15, 0.2) is 11.5 Å². The minimum atomic E-state index is 0.793. The summed E-state index contributed by atoms with van der Waals surface area (Å²) in [4.78, 5) is 0. The van der Waals surface area contributed by atoms with E-state index in [2.05, 4.69) is 71.2 Å². The quantitative estimate of drug-likeness (QED) is 0.0791. The number of hydrogen-bond acceptors (Lipinski definition) is 2. The summed E-state index contributed by atoms with van der Waals surface area (Å²) < 4.78 is 14.8. The average Bonchev–Trinajstić information content (AvgIpc) is 2.84. The summed E-state index contributed by atoms with van der Waals surface area (Å²) in [7, 11) is 0. The van der Waals surface area contributed by atoms with Crippen LogP contribution in [0.25, 0.3) is 0 Å². The predicted octanol–water partition coefficient (Wildman–Crippen LogP) is 11.5. The van der Waals surface area contributed by atoms with Gasteiger partial charge in [-0.15, -0.1) is 0 Å². The molecule has 0 heterocycles. The van der Waals surface area contributed by atoms with Gasteiger partial charge in [-0.1, -0.05) is 129 Å². The Hall–Kier alpha value is 0.280. The molecule has 0 saturated heterocycles. The summed E-state index contributed by atoms with van der Waals surface area (Å²) in [5.41, 5.74) is 0. The van der Waals surface area contributed by atoms with E-state index < -0.39 is 0 Å². The van der Waals surface area contributed by atoms with Gasteiger partial charge in [-0.2, -0.15) is 0 Å². The number of halogens is 2. The topological polar surface area (TPSA) is 18.5 Å². The summed E-state index contributed by atoms with van der Waals surface area (Å²) in [5.74, 6) is 1.91. The van der Waals surface area contributed by atoms with Gasteiger partial charge in [-0.3, -0.25) is 0 Å². The molecule has 198 valence electrons. The van der Waals surface area contributed by atoms with Gasteiger partial charge in [-0.05, 0) is 70.2 Å². The SMILES string of the molecule is CCCCCCCCCCCCOc1c(I)ccc(I)c1OCCCCCCCCCCCC. The molecule has 0 aliphatic rings. The van der Waals surface area contributed by atoms with Crippen LogP contribution in [0.15, 0.2) is 12.1 Å². The van der Waals surface area contributed by atoms with E-state index in [-0.39, 0.29) is 0 Å². The lowest BCUT2D eigenvalue weighted by Crippen LogP contribution is -2.05. The van der Waals surface area contributed by atoms with Crippen LogP contribution in [-0.4, -0.2) is 13.2 Å². The molecule has 1 aromatic carbocycles. The van der Waals surface area contributed by atoms with E-state index in [1.54, 1.807) is 0 Å². The van der Waals surface area contributed by atoms with Gasteiger partial charge in [0.25, 0.3) is 0 Å². The lowest BCUT2D eigenvalue weighted by molar-refractivity contribution is 0.255. The van der Waals surface area contributed by atoms with E-state index in [1.807, 2.05) is 0 Å². The minimum absolute atomic E-state index is 0.793. The molecule has 0 fully saturated rings. The number of ether oxygens (including phenoxy) is 2. The third-order valence-corrected chi connectivity index (χ3v) is 8.20. The fourth-order valence-corrected chi connectivity index (χ4v) is 5.47. The summed E-state index contributed by atoms with van der Waals surface area (Å²) in [6.07, 6.45) is 27.0. The van der Waals surface area contributed by atoms with Crippen molar-refractivity contribution < 1.29 is 9.47 Å². The van der Waals surface area contributed by atoms with Crippen molar-refractivity contribution in [2.24, 2.45) is 0 Å². The molecule has 0 bridgehead atoms. The first kappa shape index (κ1) is 32.3. The average molecular weight is 699 g/mol. The van der Waals surface area contributed by atoms with Gasteiger partial charge >= 0.3 is 0 Å². The zero-order chi connectivity index (χ0) is 24.7. The van der Waals surface area contributed by atoms with Gasteiger partial charge in [0, 0.05) is 0 Å². The standard InChI is InChI=1S/C30H52I2O2/c1-3-5-7-9-11-13-15-17-19-21-25-33-29-27(31)23-24-28(32)30(29)34-26-22-20-18-16-14-12-10-8-6-4-2/h23-24H,3-22,25-26H2,1-2H3.